The van der Waals surface area contributed by atoms with Crippen LogP contribution < -0.4 is 14.8 Å². The highest BCUT2D eigenvalue weighted by Gasteiger charge is 2.25. The standard InChI is InChI=1S/C26H35N5O2.ClH/c1-17(2)24-29-23-25(28-19-8-4-5-9-19)27-16-31(26(23)30-24)15-18-12-13-21(32-3)22(14-18)33-20-10-6-7-11-20;/h12-14,16-17,19-20,28H,4-11,15H2,1-3H3;1H. The van der Waals surface area contributed by atoms with Crippen molar-refractivity contribution in [2.45, 2.75) is 89.8 Å². The highest BCUT2D eigenvalue weighted by atomic mass is 35.5. The number of halogens is 1. The minimum absolute atomic E-state index is 0. The van der Waals surface area contributed by atoms with Crippen molar-refractivity contribution in [1.29, 1.82) is 0 Å². The van der Waals surface area contributed by atoms with E-state index in [0.717, 1.165) is 53.1 Å². The van der Waals surface area contributed by atoms with E-state index in [1.165, 1.54) is 38.5 Å². The lowest BCUT2D eigenvalue weighted by Gasteiger charge is -2.19. The maximum Gasteiger partial charge on any atom is 0.166 e. The Hall–Kier alpha value is -2.54. The predicted octanol–water partition coefficient (Wildman–Crippen LogP) is 6.06. The summed E-state index contributed by atoms with van der Waals surface area (Å²) < 4.78 is 14.0. The molecule has 1 aromatic carbocycles. The van der Waals surface area contributed by atoms with Crippen molar-refractivity contribution < 1.29 is 9.47 Å². The average Bonchev–Trinajstić information content (AvgIpc) is 3.58. The Balaban J connectivity index is 0.00000274. The number of anilines is 1. The third kappa shape index (κ3) is 5.24. The van der Waals surface area contributed by atoms with E-state index in [1.807, 2.05) is 12.4 Å². The summed E-state index contributed by atoms with van der Waals surface area (Å²) in [6.45, 7) is 4.91. The number of rotatable bonds is 8. The van der Waals surface area contributed by atoms with Crippen LogP contribution in [-0.2, 0) is 6.54 Å². The Bertz CT molecular complexity index is 1060. The van der Waals surface area contributed by atoms with Gasteiger partial charge in [-0.3, -0.25) is 0 Å². The van der Waals surface area contributed by atoms with Gasteiger partial charge in [0, 0.05) is 12.0 Å². The molecule has 0 atom stereocenters. The molecule has 1 aromatic rings. The largest absolute Gasteiger partial charge is 0.493 e. The molecule has 0 saturated heterocycles. The summed E-state index contributed by atoms with van der Waals surface area (Å²) in [5.74, 6) is 4.46. The normalized spacial score (nSPS) is 16.8. The number of hydrogen-bond donors (Lipinski definition) is 1. The zero-order valence-corrected chi connectivity index (χ0v) is 21.2. The molecule has 2 heterocycles. The monoisotopic (exact) mass is 485 g/mol. The predicted molar refractivity (Wildman–Crippen MR) is 137 cm³/mol. The van der Waals surface area contributed by atoms with Gasteiger partial charge in [-0.05, 0) is 56.2 Å². The molecule has 0 amide bonds. The Morgan fingerprint density at radius 1 is 1.03 bits per heavy atom. The van der Waals surface area contributed by atoms with E-state index in [-0.39, 0.29) is 24.4 Å². The Kier molecular flexibility index (Phi) is 7.81. The third-order valence-electron chi connectivity index (χ3n) is 6.87. The van der Waals surface area contributed by atoms with E-state index >= 15 is 0 Å². The molecule has 0 spiro atoms. The van der Waals surface area contributed by atoms with E-state index in [9.17, 15) is 0 Å². The van der Waals surface area contributed by atoms with Crippen LogP contribution >= 0.6 is 12.4 Å². The summed E-state index contributed by atoms with van der Waals surface area (Å²) >= 11 is 0. The second kappa shape index (κ2) is 10.8. The molecule has 0 radical (unpaired) electrons. The van der Waals surface area contributed by atoms with Crippen LogP contribution in [0.15, 0.2) is 24.5 Å². The topological polar surface area (TPSA) is 74.1 Å². The number of hydrogen-bond acceptors (Lipinski definition) is 6. The lowest BCUT2D eigenvalue weighted by Crippen LogP contribution is -2.18. The Labute approximate surface area is 208 Å². The van der Waals surface area contributed by atoms with Gasteiger partial charge >= 0.3 is 0 Å². The number of methoxy groups -OCH3 is 1. The fourth-order valence-electron chi connectivity index (χ4n) is 4.99. The van der Waals surface area contributed by atoms with Crippen molar-refractivity contribution in [3.8, 4) is 23.0 Å². The van der Waals surface area contributed by atoms with Gasteiger partial charge in [0.05, 0.1) is 26.1 Å². The minimum atomic E-state index is 0. The molecule has 8 heteroatoms. The molecule has 4 aliphatic rings. The summed E-state index contributed by atoms with van der Waals surface area (Å²) in [6, 6.07) is 6.66. The van der Waals surface area contributed by atoms with E-state index < -0.39 is 0 Å². The van der Waals surface area contributed by atoms with Crippen molar-refractivity contribution in [3.05, 3.63) is 35.9 Å². The van der Waals surface area contributed by atoms with Gasteiger partial charge in [0.2, 0.25) is 0 Å². The molecule has 2 fully saturated rings. The fourth-order valence-corrected chi connectivity index (χ4v) is 4.99. The maximum absolute atomic E-state index is 6.30. The first-order valence-electron chi connectivity index (χ1n) is 12.4. The summed E-state index contributed by atoms with van der Waals surface area (Å²) in [5, 5.41) is 3.63. The van der Waals surface area contributed by atoms with E-state index in [1.54, 1.807) is 7.11 Å². The smallest absolute Gasteiger partial charge is 0.166 e. The molecular weight excluding hydrogens is 450 g/mol. The molecule has 2 aliphatic heterocycles. The number of aromatic nitrogens is 4. The van der Waals surface area contributed by atoms with Gasteiger partial charge in [-0.2, -0.15) is 0 Å². The van der Waals surface area contributed by atoms with Crippen LogP contribution in [0.5, 0.6) is 11.5 Å². The second-order valence-corrected chi connectivity index (χ2v) is 9.77. The van der Waals surface area contributed by atoms with Crippen LogP contribution in [0.25, 0.3) is 11.5 Å². The van der Waals surface area contributed by atoms with Gasteiger partial charge in [0.15, 0.2) is 28.8 Å². The molecule has 0 bridgehead atoms. The molecule has 7 nitrogen and oxygen atoms in total. The summed E-state index contributed by atoms with van der Waals surface area (Å²) in [5.41, 5.74) is 1.99. The first kappa shape index (κ1) is 24.6. The van der Waals surface area contributed by atoms with Crippen LogP contribution in [0, 0.1) is 0 Å². The highest BCUT2D eigenvalue weighted by Crippen LogP contribution is 2.34. The SMILES string of the molecule is COc1ccc(Cn2cnc(NC3CCCC3)c3nc(C(C)C)nc2-3)cc1OC1CCCC1.Cl. The highest BCUT2D eigenvalue weighted by molar-refractivity contribution is 5.85. The van der Waals surface area contributed by atoms with Crippen LogP contribution in [0.4, 0.5) is 5.82 Å². The lowest BCUT2D eigenvalue weighted by atomic mass is 10.2. The van der Waals surface area contributed by atoms with Gasteiger partial charge in [-0.15, -0.1) is 12.4 Å². The van der Waals surface area contributed by atoms with Gasteiger partial charge < -0.3 is 19.4 Å². The molecule has 34 heavy (non-hydrogen) atoms. The Morgan fingerprint density at radius 2 is 1.76 bits per heavy atom. The molecule has 184 valence electrons. The maximum atomic E-state index is 6.30. The number of benzene rings is 1. The van der Waals surface area contributed by atoms with E-state index in [0.29, 0.717) is 12.6 Å². The van der Waals surface area contributed by atoms with Crippen LogP contribution in [0.3, 0.4) is 0 Å². The van der Waals surface area contributed by atoms with Crippen LogP contribution in [0.2, 0.25) is 0 Å². The molecular formula is C26H36ClN5O2. The van der Waals surface area contributed by atoms with Crippen LogP contribution in [-0.4, -0.2) is 38.8 Å². The molecule has 0 aromatic heterocycles. The van der Waals surface area contributed by atoms with Gasteiger partial charge in [-0.25, -0.2) is 15.0 Å². The molecule has 1 N–H and O–H groups in total. The number of nitrogens with one attached hydrogen (secondary N) is 1. The fraction of sp³-hybridized carbons (Fsp3) is 0.577. The van der Waals surface area contributed by atoms with Gasteiger partial charge in [0.1, 0.15) is 5.82 Å². The molecule has 2 aliphatic carbocycles. The van der Waals surface area contributed by atoms with E-state index in [2.05, 4.69) is 35.9 Å². The second-order valence-electron chi connectivity index (χ2n) is 9.77. The van der Waals surface area contributed by atoms with Crippen molar-refractivity contribution in [2.75, 3.05) is 12.4 Å². The number of fused-ring (bicyclic) bond motifs is 1. The average molecular weight is 486 g/mol. The molecule has 2 saturated carbocycles. The van der Waals surface area contributed by atoms with Crippen molar-refractivity contribution in [2.24, 2.45) is 0 Å². The minimum Gasteiger partial charge on any atom is -0.493 e. The molecule has 5 rings (SSSR count). The van der Waals surface area contributed by atoms with Crippen LogP contribution in [0.1, 0.15) is 82.5 Å². The first-order valence-corrected chi connectivity index (χ1v) is 12.4. The van der Waals surface area contributed by atoms with Gasteiger partial charge in [0.25, 0.3) is 0 Å². The van der Waals surface area contributed by atoms with Crippen molar-refractivity contribution in [3.63, 3.8) is 0 Å². The van der Waals surface area contributed by atoms with Crippen molar-refractivity contribution in [1.82, 2.24) is 19.5 Å². The van der Waals surface area contributed by atoms with Gasteiger partial charge in [-0.1, -0.05) is 32.8 Å². The zero-order valence-electron chi connectivity index (χ0n) is 20.4. The third-order valence-corrected chi connectivity index (χ3v) is 6.87. The molecule has 0 unspecified atom stereocenters. The first-order chi connectivity index (χ1) is 16.1. The lowest BCUT2D eigenvalue weighted by molar-refractivity contribution is 0.200. The summed E-state index contributed by atoms with van der Waals surface area (Å²) in [4.78, 5) is 14.5. The zero-order chi connectivity index (χ0) is 22.8. The summed E-state index contributed by atoms with van der Waals surface area (Å²) in [7, 11) is 1.70. The quantitative estimate of drug-likeness (QED) is 0.418. The Morgan fingerprint density at radius 3 is 2.47 bits per heavy atom. The number of ether oxygens (including phenoxy) is 2. The number of imidazole rings is 1. The number of nitrogens with zero attached hydrogens (tertiary/aromatic N) is 4. The van der Waals surface area contributed by atoms with E-state index in [4.69, 9.17) is 24.4 Å². The summed E-state index contributed by atoms with van der Waals surface area (Å²) in [6.07, 6.45) is 11.8. The van der Waals surface area contributed by atoms with Crippen molar-refractivity contribution >= 4 is 18.2 Å².